The first kappa shape index (κ1) is 15.1. The van der Waals surface area contributed by atoms with Crippen molar-refractivity contribution in [3.05, 3.63) is 30.3 Å². The maximum Gasteiger partial charge on any atom is 0.193 e. The van der Waals surface area contributed by atoms with Crippen molar-refractivity contribution in [2.24, 2.45) is 22.1 Å². The first-order valence-corrected chi connectivity index (χ1v) is 7.56. The second-order valence-electron chi connectivity index (χ2n) is 6.28. The molecule has 114 valence electrons. The van der Waals surface area contributed by atoms with Crippen LogP contribution in [0.25, 0.3) is 0 Å². The lowest BCUT2D eigenvalue weighted by Gasteiger charge is -2.61. The summed E-state index contributed by atoms with van der Waals surface area (Å²) in [6.07, 6.45) is 5.40. The lowest BCUT2D eigenvalue weighted by atomic mass is 9.46. The highest BCUT2D eigenvalue weighted by Crippen LogP contribution is 2.64. The molecule has 1 aromatic rings. The van der Waals surface area contributed by atoms with E-state index in [9.17, 15) is 0 Å². The van der Waals surface area contributed by atoms with Crippen molar-refractivity contribution in [2.75, 3.05) is 11.9 Å². The van der Waals surface area contributed by atoms with E-state index < -0.39 is 0 Å². The molecule has 3 aliphatic rings. The molecule has 2 saturated carbocycles. The largest absolute Gasteiger partial charge is 0.377 e. The third-order valence-electron chi connectivity index (χ3n) is 5.31. The van der Waals surface area contributed by atoms with E-state index in [0.717, 1.165) is 18.7 Å². The van der Waals surface area contributed by atoms with Crippen molar-refractivity contribution < 1.29 is 4.74 Å². The standard InChI is InChI=1S/C16H21N3O.HI/c17-15(18-11-5-2-1-3-6-11)19-13-12-7-10-20-14(12)16(13)8-4-9-16;/h1-3,5-6,12-14H,4,7-10H2,(H3,17,18,19);1H. The van der Waals surface area contributed by atoms with Crippen LogP contribution >= 0.6 is 24.0 Å². The number of para-hydroxylation sites is 1. The van der Waals surface area contributed by atoms with Crippen LogP contribution in [0.4, 0.5) is 5.69 Å². The number of ether oxygens (including phenoxy) is 1. The van der Waals surface area contributed by atoms with Crippen molar-refractivity contribution in [3.8, 4) is 0 Å². The van der Waals surface area contributed by atoms with Crippen LogP contribution in [0.2, 0.25) is 0 Å². The summed E-state index contributed by atoms with van der Waals surface area (Å²) in [4.78, 5) is 4.80. The van der Waals surface area contributed by atoms with E-state index in [-0.39, 0.29) is 24.0 Å². The van der Waals surface area contributed by atoms with E-state index in [1.807, 2.05) is 30.3 Å². The average Bonchev–Trinajstić information content (AvgIpc) is 2.81. The van der Waals surface area contributed by atoms with Gasteiger partial charge in [-0.25, -0.2) is 4.99 Å². The van der Waals surface area contributed by atoms with Crippen LogP contribution in [0.3, 0.4) is 0 Å². The second-order valence-corrected chi connectivity index (χ2v) is 6.28. The molecule has 1 aromatic carbocycles. The predicted octanol–water partition coefficient (Wildman–Crippen LogP) is 2.99. The molecule has 3 unspecified atom stereocenters. The van der Waals surface area contributed by atoms with Gasteiger partial charge in [0, 0.05) is 23.6 Å². The van der Waals surface area contributed by atoms with Crippen molar-refractivity contribution in [3.63, 3.8) is 0 Å². The quantitative estimate of drug-likeness (QED) is 0.457. The number of guanidine groups is 1. The van der Waals surface area contributed by atoms with Gasteiger partial charge in [-0.1, -0.05) is 24.6 Å². The molecule has 1 aliphatic heterocycles. The number of nitrogens with two attached hydrogens (primary N) is 1. The van der Waals surface area contributed by atoms with Gasteiger partial charge in [0.05, 0.1) is 12.1 Å². The molecule has 2 aliphatic carbocycles. The number of nitrogens with zero attached hydrogens (tertiary/aromatic N) is 1. The molecule has 0 radical (unpaired) electrons. The minimum atomic E-state index is 0. The molecule has 0 bridgehead atoms. The number of hydrogen-bond acceptors (Lipinski definition) is 2. The van der Waals surface area contributed by atoms with Crippen LogP contribution in [-0.4, -0.2) is 24.7 Å². The fraction of sp³-hybridized carbons (Fsp3) is 0.562. The van der Waals surface area contributed by atoms with Crippen molar-refractivity contribution >= 4 is 35.6 Å². The highest BCUT2D eigenvalue weighted by Gasteiger charge is 2.66. The summed E-state index contributed by atoms with van der Waals surface area (Å²) in [5.41, 5.74) is 7.40. The summed E-state index contributed by atoms with van der Waals surface area (Å²) in [7, 11) is 0. The number of fused-ring (bicyclic) bond motifs is 2. The van der Waals surface area contributed by atoms with Gasteiger partial charge in [0.2, 0.25) is 0 Å². The summed E-state index contributed by atoms with van der Waals surface area (Å²) < 4.78 is 5.91. The highest BCUT2D eigenvalue weighted by atomic mass is 127. The van der Waals surface area contributed by atoms with Gasteiger partial charge in [-0.05, 0) is 31.4 Å². The van der Waals surface area contributed by atoms with Crippen molar-refractivity contribution in [1.29, 1.82) is 0 Å². The smallest absolute Gasteiger partial charge is 0.193 e. The molecular formula is C16H22IN3O. The minimum Gasteiger partial charge on any atom is -0.377 e. The van der Waals surface area contributed by atoms with Crippen LogP contribution in [0.5, 0.6) is 0 Å². The Morgan fingerprint density at radius 3 is 2.71 bits per heavy atom. The normalized spacial score (nSPS) is 32.6. The van der Waals surface area contributed by atoms with Crippen LogP contribution in [0, 0.1) is 11.3 Å². The number of anilines is 1. The third-order valence-corrected chi connectivity index (χ3v) is 5.31. The number of halogens is 1. The van der Waals surface area contributed by atoms with E-state index in [2.05, 4.69) is 5.32 Å². The Balaban J connectivity index is 0.00000132. The minimum absolute atomic E-state index is 0. The molecule has 3 atom stereocenters. The Labute approximate surface area is 142 Å². The number of hydrogen-bond donors (Lipinski definition) is 2. The van der Waals surface area contributed by atoms with E-state index in [1.165, 1.54) is 19.3 Å². The average molecular weight is 399 g/mol. The molecule has 4 rings (SSSR count). The van der Waals surface area contributed by atoms with Gasteiger partial charge < -0.3 is 15.8 Å². The Bertz CT molecular complexity index is 530. The van der Waals surface area contributed by atoms with Gasteiger partial charge in [-0.2, -0.15) is 0 Å². The molecule has 3 fully saturated rings. The maximum absolute atomic E-state index is 6.10. The maximum atomic E-state index is 6.10. The zero-order valence-electron chi connectivity index (χ0n) is 12.0. The van der Waals surface area contributed by atoms with Gasteiger partial charge in [0.15, 0.2) is 5.96 Å². The molecule has 21 heavy (non-hydrogen) atoms. The summed E-state index contributed by atoms with van der Waals surface area (Å²) in [5.74, 6) is 1.13. The third kappa shape index (κ3) is 2.34. The Kier molecular flexibility index (Phi) is 4.14. The van der Waals surface area contributed by atoms with E-state index >= 15 is 0 Å². The van der Waals surface area contributed by atoms with Crippen LogP contribution < -0.4 is 11.1 Å². The molecule has 5 heteroatoms. The van der Waals surface area contributed by atoms with E-state index in [4.69, 9.17) is 15.5 Å². The summed E-state index contributed by atoms with van der Waals surface area (Å²) in [6, 6.07) is 10.3. The van der Waals surface area contributed by atoms with Gasteiger partial charge in [-0.3, -0.25) is 0 Å². The first-order chi connectivity index (χ1) is 9.79. The molecule has 3 N–H and O–H groups in total. The lowest BCUT2D eigenvalue weighted by molar-refractivity contribution is -0.164. The molecule has 0 aromatic heterocycles. The summed E-state index contributed by atoms with van der Waals surface area (Å²) >= 11 is 0. The Morgan fingerprint density at radius 2 is 2.05 bits per heavy atom. The van der Waals surface area contributed by atoms with Crippen molar-refractivity contribution in [2.45, 2.75) is 37.8 Å². The number of rotatable bonds is 2. The van der Waals surface area contributed by atoms with Crippen molar-refractivity contribution in [1.82, 2.24) is 0 Å². The van der Waals surface area contributed by atoms with Gasteiger partial charge in [-0.15, -0.1) is 24.0 Å². The van der Waals surface area contributed by atoms with E-state index in [0.29, 0.717) is 29.4 Å². The van der Waals surface area contributed by atoms with Gasteiger partial charge in [0.25, 0.3) is 0 Å². The number of benzene rings is 1. The SMILES string of the molecule is I.NC(=NC1C2CCOC2C12CCC2)Nc1ccccc1. The Morgan fingerprint density at radius 1 is 1.29 bits per heavy atom. The summed E-state index contributed by atoms with van der Waals surface area (Å²) in [6.45, 7) is 0.898. The number of nitrogens with one attached hydrogen (secondary N) is 1. The monoisotopic (exact) mass is 399 g/mol. The second kappa shape index (κ2) is 5.76. The van der Waals surface area contributed by atoms with Gasteiger partial charge >= 0.3 is 0 Å². The molecule has 4 nitrogen and oxygen atoms in total. The first-order valence-electron chi connectivity index (χ1n) is 7.56. The topological polar surface area (TPSA) is 59.6 Å². The fourth-order valence-electron chi connectivity index (χ4n) is 4.24. The molecule has 0 amide bonds. The predicted molar refractivity (Wildman–Crippen MR) is 95.0 cm³/mol. The molecule has 1 heterocycles. The Hall–Kier alpha value is -0.820. The van der Waals surface area contributed by atoms with Crippen LogP contribution in [-0.2, 0) is 4.74 Å². The highest BCUT2D eigenvalue weighted by molar-refractivity contribution is 14.0. The van der Waals surface area contributed by atoms with Gasteiger partial charge in [0.1, 0.15) is 0 Å². The lowest BCUT2D eigenvalue weighted by Crippen LogP contribution is -2.65. The van der Waals surface area contributed by atoms with E-state index in [1.54, 1.807) is 0 Å². The number of aliphatic imine (C=N–C) groups is 1. The van der Waals surface area contributed by atoms with Crippen LogP contribution in [0.15, 0.2) is 35.3 Å². The van der Waals surface area contributed by atoms with Crippen LogP contribution in [0.1, 0.15) is 25.7 Å². The summed E-state index contributed by atoms with van der Waals surface area (Å²) in [5, 5.41) is 3.19. The fourth-order valence-corrected chi connectivity index (χ4v) is 4.24. The molecule has 1 spiro atoms. The zero-order chi connectivity index (χ0) is 13.6. The molecule has 1 saturated heterocycles. The molecular weight excluding hydrogens is 377 g/mol. The zero-order valence-corrected chi connectivity index (χ0v) is 14.3.